The molecule has 238 valence electrons. The van der Waals surface area contributed by atoms with Crippen LogP contribution in [-0.2, 0) is 10.1 Å². The van der Waals surface area contributed by atoms with Crippen LogP contribution in [0.5, 0.6) is 0 Å². The molecule has 0 amide bonds. The number of hydrogen-bond donors (Lipinski definition) is 3. The fraction of sp³-hybridized carbons (Fsp3) is 0.394. The van der Waals surface area contributed by atoms with E-state index in [1.165, 1.54) is 44.4 Å². The Bertz CT molecular complexity index is 1630. The Morgan fingerprint density at radius 3 is 2.20 bits per heavy atom. The van der Waals surface area contributed by atoms with Gasteiger partial charge in [-0.15, -0.1) is 0 Å². The number of nitrogens with zero attached hydrogens (tertiary/aromatic N) is 1. The highest BCUT2D eigenvalue weighted by Crippen LogP contribution is 2.30. The van der Waals surface area contributed by atoms with Gasteiger partial charge in [0.2, 0.25) is 5.78 Å². The number of aromatic amines is 1. The zero-order valence-corrected chi connectivity index (χ0v) is 26.7. The Hall–Kier alpha value is -3.34. The van der Waals surface area contributed by atoms with Gasteiger partial charge in [-0.05, 0) is 48.7 Å². The quantitative estimate of drug-likeness (QED) is 0.0674. The van der Waals surface area contributed by atoms with Gasteiger partial charge in [0, 0.05) is 40.5 Å². The smallest absolute Gasteiger partial charge is 0.264 e. The molecule has 11 heteroatoms. The molecule has 7 nitrogen and oxygen atoms in total. The molecule has 4 aromatic rings. The highest BCUT2D eigenvalue weighted by Gasteiger charge is 2.24. The molecule has 0 unspecified atom stereocenters. The number of pyridine rings is 1. The monoisotopic (exact) mass is 647 g/mol. The number of nitrogens with one attached hydrogen (secondary N) is 2. The lowest BCUT2D eigenvalue weighted by molar-refractivity contribution is 0.103. The number of aromatic nitrogens is 2. The summed E-state index contributed by atoms with van der Waals surface area (Å²) < 4.78 is 57.7. The van der Waals surface area contributed by atoms with E-state index in [9.17, 15) is 17.6 Å². The van der Waals surface area contributed by atoms with Crippen LogP contribution in [-0.4, -0.2) is 41.0 Å². The number of benzene rings is 2. The first-order valence-electron chi connectivity index (χ1n) is 15.0. The topological polar surface area (TPSA) is 112 Å². The molecule has 0 aliphatic carbocycles. The van der Waals surface area contributed by atoms with E-state index in [0.717, 1.165) is 36.5 Å². The number of fused-ring (bicyclic) bond motifs is 1. The number of halogens is 3. The van der Waals surface area contributed by atoms with Gasteiger partial charge in [0.15, 0.2) is 5.82 Å². The first-order valence-corrected chi connectivity index (χ1v) is 17.0. The lowest BCUT2D eigenvalue weighted by atomic mass is 9.99. The van der Waals surface area contributed by atoms with Gasteiger partial charge < -0.3 is 10.3 Å². The lowest BCUT2D eigenvalue weighted by Crippen LogP contribution is -2.11. The standard InChI is InChI=1S/C30H32ClF2N3O.C3H8O3S/c1-2-3-4-5-6-7-8-9-16-34-26-15-14-25(32)27(28(26)33)29(37)24-19-36-30-23(24)17-21(18-35-30)20-10-12-22(31)13-11-20;1-2-3-7(4,5)6/h10-15,17-19,34H,2-9,16H2,1H3,(H,35,36);2-3H2,1H3,(H,4,5,6). The van der Waals surface area contributed by atoms with Crippen molar-refractivity contribution in [1.29, 1.82) is 0 Å². The van der Waals surface area contributed by atoms with Gasteiger partial charge in [0.05, 0.1) is 17.0 Å². The first-order chi connectivity index (χ1) is 21.1. The summed E-state index contributed by atoms with van der Waals surface area (Å²) in [5.41, 5.74) is 1.82. The molecule has 0 atom stereocenters. The number of rotatable bonds is 15. The lowest BCUT2D eigenvalue weighted by Gasteiger charge is -2.11. The molecule has 0 fully saturated rings. The molecule has 2 aromatic carbocycles. The van der Waals surface area contributed by atoms with Gasteiger partial charge >= 0.3 is 0 Å². The van der Waals surface area contributed by atoms with Gasteiger partial charge in [0.1, 0.15) is 11.5 Å². The summed E-state index contributed by atoms with van der Waals surface area (Å²) in [7, 11) is -3.67. The highest BCUT2D eigenvalue weighted by atomic mass is 35.5. The normalized spacial score (nSPS) is 11.3. The van der Waals surface area contributed by atoms with Gasteiger partial charge in [-0.25, -0.2) is 13.8 Å². The largest absolute Gasteiger partial charge is 0.383 e. The summed E-state index contributed by atoms with van der Waals surface area (Å²) in [6.07, 6.45) is 12.9. The van der Waals surface area contributed by atoms with E-state index in [0.29, 0.717) is 29.0 Å². The zero-order chi connectivity index (χ0) is 32.1. The van der Waals surface area contributed by atoms with E-state index < -0.39 is 33.1 Å². The van der Waals surface area contributed by atoms with Crippen LogP contribution in [0.1, 0.15) is 87.6 Å². The van der Waals surface area contributed by atoms with Gasteiger partial charge in [-0.3, -0.25) is 9.35 Å². The number of carbonyl (C=O) groups excluding carboxylic acids is 1. The van der Waals surface area contributed by atoms with Crippen LogP contribution in [0.2, 0.25) is 5.02 Å². The van der Waals surface area contributed by atoms with Gasteiger partial charge in [0.25, 0.3) is 10.1 Å². The summed E-state index contributed by atoms with van der Waals surface area (Å²) in [5.74, 6) is -2.63. The zero-order valence-electron chi connectivity index (χ0n) is 25.1. The molecule has 2 aromatic heterocycles. The van der Waals surface area contributed by atoms with Crippen molar-refractivity contribution in [2.75, 3.05) is 17.6 Å². The van der Waals surface area contributed by atoms with E-state index in [2.05, 4.69) is 22.2 Å². The van der Waals surface area contributed by atoms with E-state index in [1.54, 1.807) is 31.3 Å². The van der Waals surface area contributed by atoms with E-state index >= 15 is 4.39 Å². The van der Waals surface area contributed by atoms with E-state index in [4.69, 9.17) is 16.2 Å². The maximum absolute atomic E-state index is 15.3. The molecule has 4 rings (SSSR count). The van der Waals surface area contributed by atoms with Crippen LogP contribution in [0, 0.1) is 11.6 Å². The summed E-state index contributed by atoms with van der Waals surface area (Å²) in [6.45, 7) is 4.45. The molecule has 0 aliphatic rings. The number of ketones is 1. The van der Waals surface area contributed by atoms with Gasteiger partial charge in [-0.2, -0.15) is 8.42 Å². The molecule has 0 saturated carbocycles. The number of hydrogen-bond acceptors (Lipinski definition) is 5. The van der Waals surface area contributed by atoms with Crippen molar-refractivity contribution < 1.29 is 26.5 Å². The van der Waals surface area contributed by atoms with E-state index in [-0.39, 0.29) is 17.0 Å². The third kappa shape index (κ3) is 10.4. The van der Waals surface area contributed by atoms with Crippen LogP contribution >= 0.6 is 11.6 Å². The molecule has 44 heavy (non-hydrogen) atoms. The van der Waals surface area contributed by atoms with Crippen LogP contribution in [0.25, 0.3) is 22.2 Å². The molecular formula is C33H40ClF2N3O4S. The second-order valence-corrected chi connectivity index (χ2v) is 12.6. The van der Waals surface area contributed by atoms with Crippen LogP contribution in [0.15, 0.2) is 54.9 Å². The SMILES string of the molecule is CCCCCCCCCCNc1ccc(F)c(C(=O)c2c[nH]c3ncc(-c4ccc(Cl)cc4)cc23)c1F.CCCS(=O)(=O)O. The average molecular weight is 648 g/mol. The molecule has 0 radical (unpaired) electrons. The van der Waals surface area contributed by atoms with Gasteiger partial charge in [-0.1, -0.05) is 82.5 Å². The highest BCUT2D eigenvalue weighted by molar-refractivity contribution is 7.85. The van der Waals surface area contributed by atoms with E-state index in [1.807, 2.05) is 12.1 Å². The predicted molar refractivity (Wildman–Crippen MR) is 174 cm³/mol. The maximum Gasteiger partial charge on any atom is 0.264 e. The second kappa shape index (κ2) is 17.2. The van der Waals surface area contributed by atoms with Crippen molar-refractivity contribution in [2.45, 2.75) is 71.6 Å². The van der Waals surface area contributed by atoms with Crippen molar-refractivity contribution in [3.05, 3.63) is 82.6 Å². The van der Waals surface area contributed by atoms with Crippen molar-refractivity contribution in [3.63, 3.8) is 0 Å². The summed E-state index contributed by atoms with van der Waals surface area (Å²) >= 11 is 5.99. The third-order valence-corrected chi connectivity index (χ3v) is 8.26. The van der Waals surface area contributed by atoms with Crippen molar-refractivity contribution in [2.24, 2.45) is 0 Å². The minimum Gasteiger partial charge on any atom is -0.383 e. The fourth-order valence-corrected chi connectivity index (χ4v) is 5.41. The molecular weight excluding hydrogens is 608 g/mol. The Kier molecular flexibility index (Phi) is 13.8. The number of unbranched alkanes of at least 4 members (excludes halogenated alkanes) is 7. The third-order valence-electron chi connectivity index (χ3n) is 7.08. The summed E-state index contributed by atoms with van der Waals surface area (Å²) in [4.78, 5) is 20.7. The number of anilines is 1. The molecule has 0 spiro atoms. The maximum atomic E-state index is 15.3. The Morgan fingerprint density at radius 1 is 0.932 bits per heavy atom. The summed E-state index contributed by atoms with van der Waals surface area (Å²) in [6, 6.07) is 11.5. The van der Waals surface area contributed by atoms with Crippen molar-refractivity contribution >= 4 is 44.2 Å². The van der Waals surface area contributed by atoms with Crippen LogP contribution < -0.4 is 5.32 Å². The number of carbonyl (C=O) groups is 1. The fourth-order valence-electron chi connectivity index (χ4n) is 4.76. The predicted octanol–water partition coefficient (Wildman–Crippen LogP) is 9.23. The Balaban J connectivity index is 0.000000676. The van der Waals surface area contributed by atoms with Crippen molar-refractivity contribution in [3.8, 4) is 11.1 Å². The molecule has 0 aliphatic heterocycles. The second-order valence-electron chi connectivity index (χ2n) is 10.6. The number of H-pyrrole nitrogens is 1. The minimum absolute atomic E-state index is 0.132. The minimum atomic E-state index is -3.67. The van der Waals surface area contributed by atoms with Crippen molar-refractivity contribution in [1.82, 2.24) is 9.97 Å². The van der Waals surface area contributed by atoms with Crippen LogP contribution in [0.3, 0.4) is 0 Å². The first kappa shape index (κ1) is 35.1. The van der Waals surface area contributed by atoms with Crippen LogP contribution in [0.4, 0.5) is 14.5 Å². The average Bonchev–Trinajstić information content (AvgIpc) is 3.41. The molecule has 3 N–H and O–H groups in total. The molecule has 0 saturated heterocycles. The molecule has 2 heterocycles. The Labute approximate surface area is 263 Å². The Morgan fingerprint density at radius 2 is 1.59 bits per heavy atom. The summed E-state index contributed by atoms with van der Waals surface area (Å²) in [5, 5.41) is 4.14. The molecule has 0 bridgehead atoms.